The summed E-state index contributed by atoms with van der Waals surface area (Å²) in [5.74, 6) is 5.97. The Kier molecular flexibility index (Phi) is 5.34. The number of hydrogen-bond acceptors (Lipinski definition) is 4. The zero-order valence-electron chi connectivity index (χ0n) is 12.1. The minimum atomic E-state index is -3.49. The molecule has 1 aliphatic rings. The van der Waals surface area contributed by atoms with Gasteiger partial charge < -0.3 is 5.11 Å². The highest BCUT2D eigenvalue weighted by molar-refractivity contribution is 7.89. The number of pyridine rings is 1. The molecule has 1 aliphatic heterocycles. The second kappa shape index (κ2) is 7.03. The van der Waals surface area contributed by atoms with Crippen molar-refractivity contribution in [3.05, 3.63) is 24.0 Å². The van der Waals surface area contributed by atoms with Crippen LogP contribution in [0, 0.1) is 17.8 Å². The molecule has 1 fully saturated rings. The van der Waals surface area contributed by atoms with Gasteiger partial charge in [0.25, 0.3) is 0 Å². The molecule has 114 valence electrons. The van der Waals surface area contributed by atoms with Gasteiger partial charge in [0, 0.05) is 37.5 Å². The van der Waals surface area contributed by atoms with Crippen LogP contribution in [0.1, 0.15) is 31.7 Å². The molecule has 6 heteroatoms. The Balaban J connectivity index is 2.24. The maximum absolute atomic E-state index is 12.6. The summed E-state index contributed by atoms with van der Waals surface area (Å²) in [6.45, 7) is 3.18. The van der Waals surface area contributed by atoms with Gasteiger partial charge in [-0.1, -0.05) is 18.8 Å². The molecule has 0 saturated carbocycles. The number of aliphatic hydroxyl groups is 1. The van der Waals surface area contributed by atoms with Crippen molar-refractivity contribution in [3.63, 3.8) is 0 Å². The standard InChI is InChI=1S/C15H20N2O3S/c1-13-5-4-7-17(12-13)21(19,20)15-9-14(10-16-11-15)6-2-3-8-18/h9-11,13,18H,3-5,7-8,12H2,1H3. The highest BCUT2D eigenvalue weighted by Gasteiger charge is 2.28. The largest absolute Gasteiger partial charge is 0.395 e. The van der Waals surface area contributed by atoms with Gasteiger partial charge in [-0.05, 0) is 24.8 Å². The molecule has 5 nitrogen and oxygen atoms in total. The molecule has 0 aromatic carbocycles. The predicted octanol–water partition coefficient (Wildman–Crippen LogP) is 1.24. The van der Waals surface area contributed by atoms with E-state index >= 15 is 0 Å². The van der Waals surface area contributed by atoms with E-state index in [1.54, 1.807) is 6.07 Å². The van der Waals surface area contributed by atoms with E-state index in [1.807, 2.05) is 0 Å². The van der Waals surface area contributed by atoms with Crippen LogP contribution in [0.25, 0.3) is 0 Å². The van der Waals surface area contributed by atoms with Gasteiger partial charge in [0.2, 0.25) is 10.0 Å². The molecule has 0 bridgehead atoms. The van der Waals surface area contributed by atoms with E-state index in [2.05, 4.69) is 23.7 Å². The molecule has 0 amide bonds. The van der Waals surface area contributed by atoms with Gasteiger partial charge in [0.05, 0.1) is 6.61 Å². The Bertz CT molecular complexity index is 646. The smallest absolute Gasteiger partial charge is 0.244 e. The molecule has 2 rings (SSSR count). The maximum Gasteiger partial charge on any atom is 0.244 e. The lowest BCUT2D eigenvalue weighted by Gasteiger charge is -2.29. The van der Waals surface area contributed by atoms with Crippen molar-refractivity contribution in [3.8, 4) is 11.8 Å². The summed E-state index contributed by atoms with van der Waals surface area (Å²) in [6.07, 6.45) is 5.22. The van der Waals surface area contributed by atoms with E-state index in [4.69, 9.17) is 5.11 Å². The number of sulfonamides is 1. The van der Waals surface area contributed by atoms with Gasteiger partial charge in [-0.2, -0.15) is 4.31 Å². The summed E-state index contributed by atoms with van der Waals surface area (Å²) in [5, 5.41) is 8.70. The Hall–Kier alpha value is -1.42. The van der Waals surface area contributed by atoms with Crippen LogP contribution >= 0.6 is 0 Å². The van der Waals surface area contributed by atoms with Crippen molar-refractivity contribution in [1.82, 2.24) is 9.29 Å². The van der Waals surface area contributed by atoms with Crippen LogP contribution in [0.5, 0.6) is 0 Å². The summed E-state index contributed by atoms with van der Waals surface area (Å²) >= 11 is 0. The lowest BCUT2D eigenvalue weighted by Crippen LogP contribution is -2.39. The first-order chi connectivity index (χ1) is 10.0. The normalized spacial score (nSPS) is 19.8. The lowest BCUT2D eigenvalue weighted by molar-refractivity contribution is 0.281. The summed E-state index contributed by atoms with van der Waals surface area (Å²) < 4.78 is 26.8. The average Bonchev–Trinajstić information content (AvgIpc) is 2.48. The summed E-state index contributed by atoms with van der Waals surface area (Å²) in [6, 6.07) is 1.55. The first-order valence-corrected chi connectivity index (χ1v) is 8.53. The van der Waals surface area contributed by atoms with Crippen LogP contribution in [0.15, 0.2) is 23.4 Å². The molecule has 1 aromatic rings. The predicted molar refractivity (Wildman–Crippen MR) is 80.0 cm³/mol. The van der Waals surface area contributed by atoms with Crippen molar-refractivity contribution in [1.29, 1.82) is 0 Å². The Labute approximate surface area is 126 Å². The van der Waals surface area contributed by atoms with Crippen molar-refractivity contribution >= 4 is 10.0 Å². The number of hydrogen-bond donors (Lipinski definition) is 1. The molecule has 1 N–H and O–H groups in total. The fraction of sp³-hybridized carbons (Fsp3) is 0.533. The van der Waals surface area contributed by atoms with E-state index in [-0.39, 0.29) is 11.5 Å². The lowest BCUT2D eigenvalue weighted by atomic mass is 10.0. The summed E-state index contributed by atoms with van der Waals surface area (Å²) in [7, 11) is -3.49. The topological polar surface area (TPSA) is 70.5 Å². The Morgan fingerprint density at radius 2 is 2.29 bits per heavy atom. The molecule has 2 heterocycles. The second-order valence-electron chi connectivity index (χ2n) is 5.30. The molecule has 1 atom stereocenters. The molecule has 0 spiro atoms. The first-order valence-electron chi connectivity index (χ1n) is 7.09. The van der Waals surface area contributed by atoms with Crippen LogP contribution in [0.2, 0.25) is 0 Å². The third-order valence-electron chi connectivity index (χ3n) is 3.44. The molecular formula is C15H20N2O3S. The van der Waals surface area contributed by atoms with Gasteiger partial charge in [-0.3, -0.25) is 4.98 Å². The Morgan fingerprint density at radius 3 is 3.00 bits per heavy atom. The number of rotatable bonds is 3. The zero-order chi connectivity index (χ0) is 15.3. The fourth-order valence-electron chi connectivity index (χ4n) is 2.36. The number of piperidine rings is 1. The van der Waals surface area contributed by atoms with E-state index in [0.717, 1.165) is 12.8 Å². The molecule has 1 unspecified atom stereocenters. The molecule has 1 saturated heterocycles. The van der Waals surface area contributed by atoms with Crippen LogP contribution in [-0.2, 0) is 10.0 Å². The molecule has 0 aliphatic carbocycles. The van der Waals surface area contributed by atoms with E-state index in [0.29, 0.717) is 31.0 Å². The van der Waals surface area contributed by atoms with Crippen molar-refractivity contribution in [2.75, 3.05) is 19.7 Å². The average molecular weight is 308 g/mol. The van der Waals surface area contributed by atoms with E-state index < -0.39 is 10.0 Å². The van der Waals surface area contributed by atoms with Gasteiger partial charge in [-0.25, -0.2) is 8.42 Å². The minimum Gasteiger partial charge on any atom is -0.395 e. The second-order valence-corrected chi connectivity index (χ2v) is 7.23. The third kappa shape index (κ3) is 4.03. The zero-order valence-corrected chi connectivity index (χ0v) is 12.9. The molecule has 1 aromatic heterocycles. The van der Waals surface area contributed by atoms with Gasteiger partial charge in [0.1, 0.15) is 4.90 Å². The van der Waals surface area contributed by atoms with Crippen LogP contribution < -0.4 is 0 Å². The van der Waals surface area contributed by atoms with Crippen LogP contribution in [0.4, 0.5) is 0 Å². The minimum absolute atomic E-state index is 0.00984. The van der Waals surface area contributed by atoms with Crippen LogP contribution in [0.3, 0.4) is 0 Å². The highest BCUT2D eigenvalue weighted by atomic mass is 32.2. The number of aromatic nitrogens is 1. The van der Waals surface area contributed by atoms with Gasteiger partial charge in [0.15, 0.2) is 0 Å². The highest BCUT2D eigenvalue weighted by Crippen LogP contribution is 2.23. The molecular weight excluding hydrogens is 288 g/mol. The van der Waals surface area contributed by atoms with Gasteiger partial charge in [-0.15, -0.1) is 0 Å². The summed E-state index contributed by atoms with van der Waals surface area (Å²) in [5.41, 5.74) is 0.551. The van der Waals surface area contributed by atoms with E-state index in [9.17, 15) is 8.42 Å². The first kappa shape index (κ1) is 16.0. The SMILES string of the molecule is CC1CCCN(S(=O)(=O)c2cncc(C#CCCO)c2)C1. The van der Waals surface area contributed by atoms with Crippen molar-refractivity contribution in [2.24, 2.45) is 5.92 Å². The quantitative estimate of drug-likeness (QED) is 0.853. The third-order valence-corrected chi connectivity index (χ3v) is 5.27. The summed E-state index contributed by atoms with van der Waals surface area (Å²) in [4.78, 5) is 4.16. The molecule has 21 heavy (non-hydrogen) atoms. The monoisotopic (exact) mass is 308 g/mol. The fourth-order valence-corrected chi connectivity index (χ4v) is 3.95. The van der Waals surface area contributed by atoms with Crippen LogP contribution in [-0.4, -0.2) is 42.5 Å². The number of aliphatic hydroxyl groups excluding tert-OH is 1. The van der Waals surface area contributed by atoms with Crippen molar-refractivity contribution in [2.45, 2.75) is 31.1 Å². The number of nitrogens with zero attached hydrogens (tertiary/aromatic N) is 2. The van der Waals surface area contributed by atoms with E-state index in [1.165, 1.54) is 16.7 Å². The molecule has 0 radical (unpaired) electrons. The Morgan fingerprint density at radius 1 is 1.48 bits per heavy atom. The van der Waals surface area contributed by atoms with Crippen molar-refractivity contribution < 1.29 is 13.5 Å². The van der Waals surface area contributed by atoms with Gasteiger partial charge >= 0.3 is 0 Å². The maximum atomic E-state index is 12.6.